The van der Waals surface area contributed by atoms with Crippen molar-refractivity contribution in [2.75, 3.05) is 45.1 Å². The molecule has 1 atom stereocenters. The summed E-state index contributed by atoms with van der Waals surface area (Å²) in [4.78, 5) is 3.10. The van der Waals surface area contributed by atoms with Gasteiger partial charge in [-0.3, -0.25) is 4.90 Å². The van der Waals surface area contributed by atoms with Crippen LogP contribution in [0.2, 0.25) is 0 Å². The van der Waals surface area contributed by atoms with Gasteiger partial charge in [0.05, 0.1) is 29.5 Å². The average molecular weight is 406 g/mol. The molecule has 0 bridgehead atoms. The summed E-state index contributed by atoms with van der Waals surface area (Å²) in [6.45, 7) is 13.3. The number of nitrogens with zero attached hydrogens (tertiary/aromatic N) is 3. The Labute approximate surface area is 169 Å². The third-order valence-electron chi connectivity index (χ3n) is 4.87. The van der Waals surface area contributed by atoms with Crippen LogP contribution >= 0.6 is 0 Å². The lowest BCUT2D eigenvalue weighted by atomic mass is 9.92. The van der Waals surface area contributed by atoms with Crippen LogP contribution in [0.25, 0.3) is 5.69 Å². The monoisotopic (exact) mass is 405 g/mol. The molecule has 1 unspecified atom stereocenters. The Kier molecular flexibility index (Phi) is 6.54. The minimum Gasteiger partial charge on any atom is -0.384 e. The minimum atomic E-state index is -1.25. The maximum absolute atomic E-state index is 12.7. The van der Waals surface area contributed by atoms with Crippen LogP contribution < -0.4 is 10.5 Å². The molecule has 0 radical (unpaired) electrons. The van der Waals surface area contributed by atoms with Crippen molar-refractivity contribution in [2.45, 2.75) is 38.0 Å². The normalized spacial score (nSPS) is 17.0. The molecule has 154 valence electrons. The van der Waals surface area contributed by atoms with Crippen LogP contribution in [0.15, 0.2) is 29.2 Å². The Morgan fingerprint density at radius 2 is 1.96 bits per heavy atom. The first-order chi connectivity index (χ1) is 13.3. The molecule has 0 amide bonds. The predicted octanol–water partition coefficient (Wildman–Crippen LogP) is 2.00. The molecule has 1 aromatic carbocycles. The summed E-state index contributed by atoms with van der Waals surface area (Å²) in [5.41, 5.74) is 8.87. The van der Waals surface area contributed by atoms with Gasteiger partial charge in [0, 0.05) is 37.7 Å². The third-order valence-corrected chi connectivity index (χ3v) is 6.20. The Balaban J connectivity index is 1.66. The van der Waals surface area contributed by atoms with E-state index in [1.807, 2.05) is 31.2 Å². The molecule has 1 saturated heterocycles. The van der Waals surface area contributed by atoms with Gasteiger partial charge in [-0.1, -0.05) is 20.8 Å². The number of hydrogen-bond acceptors (Lipinski definition) is 5. The van der Waals surface area contributed by atoms with Gasteiger partial charge in [-0.2, -0.15) is 5.10 Å². The zero-order valence-corrected chi connectivity index (χ0v) is 18.0. The van der Waals surface area contributed by atoms with Crippen LogP contribution in [0.1, 0.15) is 32.0 Å². The first-order valence-corrected chi connectivity index (χ1v) is 10.8. The average Bonchev–Trinajstić information content (AvgIpc) is 3.04. The van der Waals surface area contributed by atoms with E-state index >= 15 is 0 Å². The maximum atomic E-state index is 12.7. The van der Waals surface area contributed by atoms with Gasteiger partial charge in [-0.15, -0.1) is 0 Å². The molecule has 0 saturated carbocycles. The summed E-state index contributed by atoms with van der Waals surface area (Å²) in [5.74, 6) is 0.599. The highest BCUT2D eigenvalue weighted by molar-refractivity contribution is 7.83. The topological polar surface area (TPSA) is 85.4 Å². The highest BCUT2D eigenvalue weighted by atomic mass is 32.2. The van der Waals surface area contributed by atoms with Crippen molar-refractivity contribution < 1.29 is 8.95 Å². The summed E-state index contributed by atoms with van der Waals surface area (Å²) in [6, 6.07) is 7.70. The Morgan fingerprint density at radius 1 is 1.25 bits per heavy atom. The number of benzene rings is 1. The van der Waals surface area contributed by atoms with Crippen molar-refractivity contribution in [1.29, 1.82) is 0 Å². The fraction of sp³-hybridized carbons (Fsp3) is 0.550. The molecule has 0 aliphatic carbocycles. The number of hydrogen-bond donors (Lipinski definition) is 2. The van der Waals surface area contributed by atoms with Crippen molar-refractivity contribution in [3.63, 3.8) is 0 Å². The van der Waals surface area contributed by atoms with Gasteiger partial charge in [0.2, 0.25) is 0 Å². The Bertz CT molecular complexity index is 838. The summed E-state index contributed by atoms with van der Waals surface area (Å²) >= 11 is 0. The number of anilines is 1. The van der Waals surface area contributed by atoms with E-state index in [1.54, 1.807) is 4.68 Å². The summed E-state index contributed by atoms with van der Waals surface area (Å²) in [7, 11) is -1.25. The zero-order chi connectivity index (χ0) is 20.3. The molecule has 28 heavy (non-hydrogen) atoms. The number of aromatic nitrogens is 2. The fourth-order valence-electron chi connectivity index (χ4n) is 3.14. The Morgan fingerprint density at radius 3 is 2.57 bits per heavy atom. The number of nitrogens with two attached hydrogens (primary N) is 1. The van der Waals surface area contributed by atoms with Crippen LogP contribution in [0.3, 0.4) is 0 Å². The van der Waals surface area contributed by atoms with Gasteiger partial charge in [-0.25, -0.2) is 13.6 Å². The zero-order valence-electron chi connectivity index (χ0n) is 17.2. The lowest BCUT2D eigenvalue weighted by Gasteiger charge is -2.26. The molecule has 3 rings (SSSR count). The predicted molar refractivity (Wildman–Crippen MR) is 113 cm³/mol. The lowest BCUT2D eigenvalue weighted by molar-refractivity contribution is 0.0390. The highest BCUT2D eigenvalue weighted by Gasteiger charge is 2.20. The number of rotatable bonds is 6. The van der Waals surface area contributed by atoms with Gasteiger partial charge < -0.3 is 10.5 Å². The van der Waals surface area contributed by atoms with E-state index < -0.39 is 11.0 Å². The van der Waals surface area contributed by atoms with E-state index in [9.17, 15) is 4.21 Å². The lowest BCUT2D eigenvalue weighted by Crippen LogP contribution is -2.40. The third kappa shape index (κ3) is 5.00. The van der Waals surface area contributed by atoms with Gasteiger partial charge in [0.15, 0.2) is 0 Å². The van der Waals surface area contributed by atoms with Crippen LogP contribution in [-0.4, -0.2) is 58.3 Å². The van der Waals surface area contributed by atoms with Crippen molar-refractivity contribution in [1.82, 2.24) is 19.4 Å². The van der Waals surface area contributed by atoms with E-state index in [0.717, 1.165) is 54.7 Å². The van der Waals surface area contributed by atoms with E-state index in [2.05, 4.69) is 35.5 Å². The summed E-state index contributed by atoms with van der Waals surface area (Å²) in [6.07, 6.45) is 0. The minimum absolute atomic E-state index is 0.0692. The number of aryl methyl sites for hydroxylation is 1. The molecule has 0 spiro atoms. The second-order valence-electron chi connectivity index (χ2n) is 8.18. The molecular formula is C20H31N5O2S. The smallest absolute Gasteiger partial charge is 0.127 e. The van der Waals surface area contributed by atoms with E-state index in [4.69, 9.17) is 10.5 Å². The second kappa shape index (κ2) is 8.73. The van der Waals surface area contributed by atoms with Gasteiger partial charge >= 0.3 is 0 Å². The maximum Gasteiger partial charge on any atom is 0.127 e. The molecule has 2 heterocycles. The van der Waals surface area contributed by atoms with Gasteiger partial charge in [-0.05, 0) is 30.7 Å². The van der Waals surface area contributed by atoms with Crippen molar-refractivity contribution in [2.24, 2.45) is 0 Å². The number of nitrogen functional groups attached to an aromatic ring is 1. The number of ether oxygens (including phenoxy) is 1. The van der Waals surface area contributed by atoms with Crippen LogP contribution in [0, 0.1) is 6.92 Å². The first kappa shape index (κ1) is 21.0. The molecule has 8 heteroatoms. The SMILES string of the molecule is Cc1cc(-n2nc(C(C)(C)C)cc2N)ccc1S(=O)NCCN1CCOCC1. The van der Waals surface area contributed by atoms with Crippen molar-refractivity contribution >= 4 is 16.8 Å². The molecule has 1 aliphatic heterocycles. The van der Waals surface area contributed by atoms with E-state index in [-0.39, 0.29) is 5.41 Å². The summed E-state index contributed by atoms with van der Waals surface area (Å²) < 4.78 is 22.9. The molecule has 1 aromatic heterocycles. The van der Waals surface area contributed by atoms with E-state index in [0.29, 0.717) is 12.4 Å². The molecular weight excluding hydrogens is 374 g/mol. The second-order valence-corrected chi connectivity index (χ2v) is 9.45. The van der Waals surface area contributed by atoms with Gasteiger partial charge in [0.25, 0.3) is 0 Å². The Hall–Kier alpha value is -1.74. The number of morpholine rings is 1. The standard InChI is InChI=1S/C20H31N5O2S/c1-15-13-16(25-19(21)14-18(23-25)20(2,3)4)5-6-17(15)28(26)22-7-8-24-9-11-27-12-10-24/h5-6,13-14,22H,7-12,21H2,1-4H3. The van der Waals surface area contributed by atoms with Crippen LogP contribution in [0.4, 0.5) is 5.82 Å². The van der Waals surface area contributed by atoms with E-state index in [1.165, 1.54) is 0 Å². The first-order valence-electron chi connectivity index (χ1n) is 9.68. The molecule has 1 fully saturated rings. The van der Waals surface area contributed by atoms with Crippen molar-refractivity contribution in [3.05, 3.63) is 35.5 Å². The molecule has 2 aromatic rings. The number of nitrogens with one attached hydrogen (secondary N) is 1. The van der Waals surface area contributed by atoms with Crippen molar-refractivity contribution in [3.8, 4) is 5.69 Å². The fourth-order valence-corrected chi connectivity index (χ4v) is 4.12. The molecule has 1 aliphatic rings. The quantitative estimate of drug-likeness (QED) is 0.768. The molecule has 7 nitrogen and oxygen atoms in total. The largest absolute Gasteiger partial charge is 0.384 e. The van der Waals surface area contributed by atoms with Gasteiger partial charge in [0.1, 0.15) is 16.8 Å². The van der Waals surface area contributed by atoms with Crippen LogP contribution in [0.5, 0.6) is 0 Å². The van der Waals surface area contributed by atoms with Crippen LogP contribution in [-0.2, 0) is 21.1 Å². The molecule has 3 N–H and O–H groups in total. The summed E-state index contributed by atoms with van der Waals surface area (Å²) in [5, 5.41) is 4.65. The highest BCUT2D eigenvalue weighted by Crippen LogP contribution is 2.25.